The number of hydrogen-bond acceptors (Lipinski definition) is 1. The molecule has 0 aliphatic rings. The SMILES string of the molecule is CCC(C)(C)CC(C)(C)CC(C)(C)O. The summed E-state index contributed by atoms with van der Waals surface area (Å²) in [6, 6.07) is 0. The van der Waals surface area contributed by atoms with Crippen molar-refractivity contribution in [3.63, 3.8) is 0 Å². The van der Waals surface area contributed by atoms with Crippen LogP contribution in [0.25, 0.3) is 0 Å². The van der Waals surface area contributed by atoms with Crippen molar-refractivity contribution in [3.8, 4) is 0 Å². The Morgan fingerprint density at radius 1 is 0.786 bits per heavy atom. The molecule has 0 aliphatic heterocycles. The summed E-state index contributed by atoms with van der Waals surface area (Å²) in [7, 11) is 0. The third kappa shape index (κ3) is 6.42. The molecule has 1 N–H and O–H groups in total. The maximum absolute atomic E-state index is 9.82. The van der Waals surface area contributed by atoms with E-state index in [0.29, 0.717) is 5.41 Å². The van der Waals surface area contributed by atoms with Crippen molar-refractivity contribution in [2.75, 3.05) is 0 Å². The molecule has 0 aromatic rings. The molecule has 0 heterocycles. The topological polar surface area (TPSA) is 20.2 Å². The van der Waals surface area contributed by atoms with Crippen LogP contribution in [0.5, 0.6) is 0 Å². The highest BCUT2D eigenvalue weighted by Gasteiger charge is 2.31. The molecule has 0 fully saturated rings. The van der Waals surface area contributed by atoms with Crippen molar-refractivity contribution >= 4 is 0 Å². The van der Waals surface area contributed by atoms with Gasteiger partial charge >= 0.3 is 0 Å². The van der Waals surface area contributed by atoms with Crippen molar-refractivity contribution in [3.05, 3.63) is 0 Å². The number of hydrogen-bond donors (Lipinski definition) is 1. The van der Waals surface area contributed by atoms with E-state index in [9.17, 15) is 5.11 Å². The molecular weight excluding hydrogens is 172 g/mol. The number of rotatable bonds is 5. The molecule has 0 saturated carbocycles. The summed E-state index contributed by atoms with van der Waals surface area (Å²) in [5, 5.41) is 9.82. The Morgan fingerprint density at radius 2 is 1.21 bits per heavy atom. The van der Waals surface area contributed by atoms with E-state index in [1.165, 1.54) is 12.8 Å². The van der Waals surface area contributed by atoms with E-state index in [1.54, 1.807) is 0 Å². The first-order chi connectivity index (χ1) is 5.97. The Morgan fingerprint density at radius 3 is 1.50 bits per heavy atom. The minimum absolute atomic E-state index is 0.220. The fourth-order valence-corrected chi connectivity index (χ4v) is 2.65. The third-order valence-corrected chi connectivity index (χ3v) is 2.83. The van der Waals surface area contributed by atoms with E-state index >= 15 is 0 Å². The minimum atomic E-state index is -0.548. The molecule has 1 nitrogen and oxygen atoms in total. The van der Waals surface area contributed by atoms with Crippen molar-refractivity contribution in [1.82, 2.24) is 0 Å². The first-order valence-electron chi connectivity index (χ1n) is 5.70. The zero-order valence-corrected chi connectivity index (χ0v) is 11.1. The summed E-state index contributed by atoms with van der Waals surface area (Å²) in [6.07, 6.45) is 3.23. The van der Waals surface area contributed by atoms with Gasteiger partial charge in [-0.25, -0.2) is 0 Å². The lowest BCUT2D eigenvalue weighted by Crippen LogP contribution is -2.31. The van der Waals surface area contributed by atoms with Gasteiger partial charge in [-0.3, -0.25) is 0 Å². The van der Waals surface area contributed by atoms with Gasteiger partial charge in [0.1, 0.15) is 0 Å². The van der Waals surface area contributed by atoms with E-state index in [2.05, 4.69) is 34.6 Å². The van der Waals surface area contributed by atoms with Gasteiger partial charge in [0.05, 0.1) is 5.60 Å². The van der Waals surface area contributed by atoms with Crippen LogP contribution in [0.4, 0.5) is 0 Å². The molecule has 0 spiro atoms. The second-order valence-corrected chi connectivity index (χ2v) is 6.85. The summed E-state index contributed by atoms with van der Waals surface area (Å²) in [6.45, 7) is 15.1. The Kier molecular flexibility index (Phi) is 4.21. The summed E-state index contributed by atoms with van der Waals surface area (Å²) < 4.78 is 0. The predicted octanol–water partition coefficient (Wildman–Crippen LogP) is 4.00. The Balaban J connectivity index is 4.35. The van der Waals surface area contributed by atoms with Gasteiger partial charge in [0, 0.05) is 0 Å². The van der Waals surface area contributed by atoms with E-state index in [1.807, 2.05) is 13.8 Å². The average molecular weight is 200 g/mol. The van der Waals surface area contributed by atoms with Crippen LogP contribution >= 0.6 is 0 Å². The lowest BCUT2D eigenvalue weighted by Gasteiger charge is -2.37. The second-order valence-electron chi connectivity index (χ2n) is 6.85. The highest BCUT2D eigenvalue weighted by molar-refractivity contribution is 4.83. The van der Waals surface area contributed by atoms with Crippen LogP contribution in [0, 0.1) is 10.8 Å². The third-order valence-electron chi connectivity index (χ3n) is 2.83. The van der Waals surface area contributed by atoms with Gasteiger partial charge in [-0.2, -0.15) is 0 Å². The molecule has 0 amide bonds. The molecule has 0 aromatic carbocycles. The molecule has 14 heavy (non-hydrogen) atoms. The van der Waals surface area contributed by atoms with Crippen LogP contribution in [0.3, 0.4) is 0 Å². The summed E-state index contributed by atoms with van der Waals surface area (Å²) in [5.74, 6) is 0. The Hall–Kier alpha value is -0.0400. The van der Waals surface area contributed by atoms with E-state index in [-0.39, 0.29) is 5.41 Å². The summed E-state index contributed by atoms with van der Waals surface area (Å²) in [4.78, 5) is 0. The van der Waals surface area contributed by atoms with Gasteiger partial charge in [-0.05, 0) is 37.5 Å². The fourth-order valence-electron chi connectivity index (χ4n) is 2.65. The molecule has 0 saturated heterocycles. The molecule has 0 atom stereocenters. The van der Waals surface area contributed by atoms with Crippen LogP contribution in [-0.2, 0) is 0 Å². The van der Waals surface area contributed by atoms with Crippen molar-refractivity contribution in [2.24, 2.45) is 10.8 Å². The molecular formula is C13H28O. The molecule has 0 rings (SSSR count). The summed E-state index contributed by atoms with van der Waals surface area (Å²) in [5.41, 5.74) is 0.0554. The maximum Gasteiger partial charge on any atom is 0.0596 e. The quantitative estimate of drug-likeness (QED) is 0.711. The highest BCUT2D eigenvalue weighted by atomic mass is 16.3. The predicted molar refractivity (Wildman–Crippen MR) is 63.4 cm³/mol. The lowest BCUT2D eigenvalue weighted by atomic mass is 9.69. The van der Waals surface area contributed by atoms with Gasteiger partial charge in [-0.1, -0.05) is 41.0 Å². The average Bonchev–Trinajstić information content (AvgIpc) is 1.78. The van der Waals surface area contributed by atoms with E-state index in [0.717, 1.165) is 6.42 Å². The maximum atomic E-state index is 9.82. The number of aliphatic hydroxyl groups is 1. The van der Waals surface area contributed by atoms with Crippen molar-refractivity contribution < 1.29 is 5.11 Å². The van der Waals surface area contributed by atoms with Gasteiger partial charge in [-0.15, -0.1) is 0 Å². The standard InChI is InChI=1S/C13H28O/c1-8-11(2,3)9-12(4,5)10-13(6,7)14/h14H,8-10H2,1-7H3. The first kappa shape index (κ1) is 14.0. The van der Waals surface area contributed by atoms with Crippen LogP contribution in [-0.4, -0.2) is 10.7 Å². The zero-order valence-electron chi connectivity index (χ0n) is 11.1. The molecule has 0 aromatic heterocycles. The summed E-state index contributed by atoms with van der Waals surface area (Å²) >= 11 is 0. The van der Waals surface area contributed by atoms with Gasteiger partial charge in [0.2, 0.25) is 0 Å². The largest absolute Gasteiger partial charge is 0.390 e. The Bertz CT molecular complexity index is 172. The molecule has 0 radical (unpaired) electrons. The van der Waals surface area contributed by atoms with Gasteiger partial charge < -0.3 is 5.11 Å². The lowest BCUT2D eigenvalue weighted by molar-refractivity contribution is 0.0169. The minimum Gasteiger partial charge on any atom is -0.390 e. The zero-order chi connectivity index (χ0) is 11.6. The molecule has 1 heteroatoms. The van der Waals surface area contributed by atoms with E-state index < -0.39 is 5.60 Å². The van der Waals surface area contributed by atoms with Gasteiger partial charge in [0.15, 0.2) is 0 Å². The van der Waals surface area contributed by atoms with Crippen LogP contribution in [0.2, 0.25) is 0 Å². The Labute approximate surface area is 89.9 Å². The van der Waals surface area contributed by atoms with Crippen molar-refractivity contribution in [2.45, 2.75) is 73.3 Å². The first-order valence-corrected chi connectivity index (χ1v) is 5.70. The smallest absolute Gasteiger partial charge is 0.0596 e. The van der Waals surface area contributed by atoms with Crippen LogP contribution in [0.15, 0.2) is 0 Å². The van der Waals surface area contributed by atoms with Crippen LogP contribution in [0.1, 0.15) is 67.7 Å². The fraction of sp³-hybridized carbons (Fsp3) is 1.00. The molecule has 0 aliphatic carbocycles. The monoisotopic (exact) mass is 200 g/mol. The van der Waals surface area contributed by atoms with Crippen LogP contribution < -0.4 is 0 Å². The highest BCUT2D eigenvalue weighted by Crippen LogP contribution is 2.40. The van der Waals surface area contributed by atoms with Crippen molar-refractivity contribution in [1.29, 1.82) is 0 Å². The van der Waals surface area contributed by atoms with E-state index in [4.69, 9.17) is 0 Å². The molecule has 0 bridgehead atoms. The molecule has 0 unspecified atom stereocenters. The molecule has 86 valence electrons. The second kappa shape index (κ2) is 4.22. The normalized spacial score (nSPS) is 14.6. The van der Waals surface area contributed by atoms with Gasteiger partial charge in [0.25, 0.3) is 0 Å².